The van der Waals surface area contributed by atoms with Gasteiger partial charge in [0.25, 0.3) is 11.8 Å². The maximum absolute atomic E-state index is 12.6. The largest absolute Gasteiger partial charge is 0.351 e. The fraction of sp³-hybridized carbons (Fsp3) is 0.579. The van der Waals surface area contributed by atoms with Gasteiger partial charge in [0.05, 0.1) is 38.2 Å². The molecule has 0 aromatic heterocycles. The number of hydrogen-bond donors (Lipinski definition) is 3. The summed E-state index contributed by atoms with van der Waals surface area (Å²) >= 11 is 12.1. The number of likely N-dealkylation sites (N-methyl/N-ethyl adjacent to an activating group) is 1. The first-order valence-electron chi connectivity index (χ1n) is 9.52. The minimum absolute atomic E-state index is 0.0932. The Morgan fingerprint density at radius 1 is 1.26 bits per heavy atom. The molecule has 1 unspecified atom stereocenters. The molecule has 1 fully saturated rings. The third-order valence-corrected chi connectivity index (χ3v) is 5.35. The highest BCUT2D eigenvalue weighted by molar-refractivity contribution is 6.35. The first kappa shape index (κ1) is 22.0. The molecule has 0 bridgehead atoms. The van der Waals surface area contributed by atoms with Gasteiger partial charge in [0, 0.05) is 17.1 Å². The number of rotatable bonds is 8. The summed E-state index contributed by atoms with van der Waals surface area (Å²) in [5.41, 5.74) is 0.985. The van der Waals surface area contributed by atoms with Crippen molar-refractivity contribution in [2.75, 3.05) is 52.9 Å². The molecule has 1 heterocycles. The Bertz CT molecular complexity index is 649. The summed E-state index contributed by atoms with van der Waals surface area (Å²) in [4.78, 5) is 28.6. The Labute approximate surface area is 171 Å². The molecule has 3 N–H and O–H groups in total. The molecule has 1 aliphatic rings. The molecule has 1 saturated heterocycles. The first-order valence-corrected chi connectivity index (χ1v) is 10.3. The summed E-state index contributed by atoms with van der Waals surface area (Å²) in [6, 6.07) is 5.45. The molecule has 27 heavy (non-hydrogen) atoms. The fourth-order valence-electron chi connectivity index (χ4n) is 3.23. The van der Waals surface area contributed by atoms with Crippen LogP contribution in [-0.2, 0) is 16.1 Å². The topological polar surface area (TPSA) is 58.3 Å². The van der Waals surface area contributed by atoms with Gasteiger partial charge in [-0.1, -0.05) is 36.2 Å². The molecule has 1 aromatic carbocycles. The molecule has 150 valence electrons. The van der Waals surface area contributed by atoms with Crippen molar-refractivity contribution in [3.05, 3.63) is 33.8 Å². The monoisotopic (exact) mass is 416 g/mol. The van der Waals surface area contributed by atoms with Gasteiger partial charge in [-0.15, -0.1) is 0 Å². The molecule has 0 saturated carbocycles. The standard InChI is InChI=1S/C19H28Cl2N4O2/c1-3-6-22-18(26)13-24-7-9-25(10-8-24)19(27)14-23(2)12-15-4-5-16(20)11-17(15)21/h4-5,11H,3,6-10,12-14H2,1-2H3,(H,22,26)/p+2. The molecular formula is C19H30Cl2N4O2+2. The highest BCUT2D eigenvalue weighted by Crippen LogP contribution is 2.20. The predicted molar refractivity (Wildman–Crippen MR) is 107 cm³/mol. The number of carbonyl (C=O) groups is 2. The van der Waals surface area contributed by atoms with Crippen molar-refractivity contribution < 1.29 is 19.4 Å². The summed E-state index contributed by atoms with van der Waals surface area (Å²) < 4.78 is 0. The molecular weight excluding hydrogens is 387 g/mol. The molecule has 0 aliphatic carbocycles. The number of carbonyl (C=O) groups excluding carboxylic acids is 2. The number of benzene rings is 1. The summed E-state index contributed by atoms with van der Waals surface area (Å²) in [5, 5.41) is 4.15. The third-order valence-electron chi connectivity index (χ3n) is 4.77. The second-order valence-corrected chi connectivity index (χ2v) is 8.05. The molecule has 1 aromatic rings. The van der Waals surface area contributed by atoms with Gasteiger partial charge in [-0.05, 0) is 18.6 Å². The van der Waals surface area contributed by atoms with Crippen LogP contribution in [0.4, 0.5) is 0 Å². The van der Waals surface area contributed by atoms with Gasteiger partial charge in [-0.25, -0.2) is 0 Å². The van der Waals surface area contributed by atoms with Crippen LogP contribution in [0.1, 0.15) is 18.9 Å². The smallest absolute Gasteiger partial charge is 0.278 e. The van der Waals surface area contributed by atoms with Crippen molar-refractivity contribution >= 4 is 35.0 Å². The predicted octanol–water partition coefficient (Wildman–Crippen LogP) is -0.739. The van der Waals surface area contributed by atoms with Crippen molar-refractivity contribution in [2.24, 2.45) is 0 Å². The van der Waals surface area contributed by atoms with Crippen molar-refractivity contribution in [1.82, 2.24) is 10.2 Å². The Kier molecular flexibility index (Phi) is 8.83. The molecule has 0 radical (unpaired) electrons. The van der Waals surface area contributed by atoms with Gasteiger partial charge < -0.3 is 20.0 Å². The number of quaternary nitrogens is 2. The maximum atomic E-state index is 12.6. The van der Waals surface area contributed by atoms with Crippen LogP contribution in [-0.4, -0.2) is 69.6 Å². The Morgan fingerprint density at radius 3 is 2.59 bits per heavy atom. The third kappa shape index (κ3) is 7.30. The second kappa shape index (κ2) is 10.9. The van der Waals surface area contributed by atoms with Crippen LogP contribution in [0.3, 0.4) is 0 Å². The van der Waals surface area contributed by atoms with Crippen LogP contribution < -0.4 is 15.1 Å². The highest BCUT2D eigenvalue weighted by Gasteiger charge is 2.26. The van der Waals surface area contributed by atoms with E-state index in [2.05, 4.69) is 5.32 Å². The normalized spacial score (nSPS) is 16.2. The van der Waals surface area contributed by atoms with E-state index in [4.69, 9.17) is 23.2 Å². The average molecular weight is 417 g/mol. The van der Waals surface area contributed by atoms with Crippen LogP contribution in [0.2, 0.25) is 10.0 Å². The summed E-state index contributed by atoms with van der Waals surface area (Å²) in [6.45, 7) is 7.37. The highest BCUT2D eigenvalue weighted by atomic mass is 35.5. The summed E-state index contributed by atoms with van der Waals surface area (Å²) in [7, 11) is 1.99. The molecule has 2 rings (SSSR count). The second-order valence-electron chi connectivity index (χ2n) is 7.20. The molecule has 6 nitrogen and oxygen atoms in total. The van der Waals surface area contributed by atoms with E-state index < -0.39 is 0 Å². The van der Waals surface area contributed by atoms with E-state index in [1.165, 1.54) is 4.90 Å². The van der Waals surface area contributed by atoms with Gasteiger partial charge in [0.15, 0.2) is 13.1 Å². The Morgan fingerprint density at radius 2 is 1.96 bits per heavy atom. The van der Waals surface area contributed by atoms with E-state index in [0.717, 1.165) is 36.5 Å². The Hall–Kier alpha value is -1.34. The Balaban J connectivity index is 1.74. The van der Waals surface area contributed by atoms with Crippen LogP contribution in [0.5, 0.6) is 0 Å². The van der Waals surface area contributed by atoms with Crippen molar-refractivity contribution in [3.63, 3.8) is 0 Å². The quantitative estimate of drug-likeness (QED) is 0.522. The van der Waals surface area contributed by atoms with Crippen LogP contribution in [0, 0.1) is 0 Å². The zero-order valence-corrected chi connectivity index (χ0v) is 17.6. The minimum Gasteiger partial charge on any atom is -0.351 e. The zero-order chi connectivity index (χ0) is 19.8. The number of hydrogen-bond acceptors (Lipinski definition) is 2. The summed E-state index contributed by atoms with van der Waals surface area (Å²) in [5.74, 6) is 0.239. The summed E-state index contributed by atoms with van der Waals surface area (Å²) in [6.07, 6.45) is 0.945. The molecule has 1 atom stereocenters. The van der Waals surface area contributed by atoms with E-state index in [-0.39, 0.29) is 11.8 Å². The maximum Gasteiger partial charge on any atom is 0.278 e. The van der Waals surface area contributed by atoms with Gasteiger partial charge in [0.1, 0.15) is 6.54 Å². The first-order chi connectivity index (χ1) is 12.9. The van der Waals surface area contributed by atoms with E-state index in [0.29, 0.717) is 42.8 Å². The number of nitrogens with one attached hydrogen (secondary N) is 3. The van der Waals surface area contributed by atoms with Gasteiger partial charge in [0.2, 0.25) is 0 Å². The zero-order valence-electron chi connectivity index (χ0n) is 16.1. The number of nitrogens with zero attached hydrogens (tertiary/aromatic N) is 1. The number of halogens is 2. The van der Waals surface area contributed by atoms with E-state index in [1.54, 1.807) is 6.07 Å². The molecule has 1 aliphatic heterocycles. The molecule has 0 spiro atoms. The fourth-order valence-corrected chi connectivity index (χ4v) is 3.70. The van der Waals surface area contributed by atoms with Crippen molar-refractivity contribution in [2.45, 2.75) is 19.9 Å². The van der Waals surface area contributed by atoms with E-state index >= 15 is 0 Å². The lowest BCUT2D eigenvalue weighted by molar-refractivity contribution is -0.897. The van der Waals surface area contributed by atoms with Crippen molar-refractivity contribution in [3.8, 4) is 0 Å². The lowest BCUT2D eigenvalue weighted by atomic mass is 10.2. The van der Waals surface area contributed by atoms with Gasteiger partial charge in [-0.2, -0.15) is 0 Å². The average Bonchev–Trinajstić information content (AvgIpc) is 2.63. The molecule has 2 amide bonds. The van der Waals surface area contributed by atoms with Crippen LogP contribution >= 0.6 is 23.2 Å². The number of piperazine rings is 1. The van der Waals surface area contributed by atoms with Gasteiger partial charge >= 0.3 is 0 Å². The van der Waals surface area contributed by atoms with Crippen LogP contribution in [0.15, 0.2) is 18.2 Å². The SMILES string of the molecule is CCCNC(=O)C[NH+]1CCN(C(=O)C[NH+](C)Cc2ccc(Cl)cc2Cl)CC1. The minimum atomic E-state index is 0.0932. The lowest BCUT2D eigenvalue weighted by Gasteiger charge is -2.32. The molecule has 8 heteroatoms. The van der Waals surface area contributed by atoms with Crippen LogP contribution in [0.25, 0.3) is 0 Å². The lowest BCUT2D eigenvalue weighted by Crippen LogP contribution is -3.16. The van der Waals surface area contributed by atoms with Crippen molar-refractivity contribution in [1.29, 1.82) is 0 Å². The van der Waals surface area contributed by atoms with Gasteiger partial charge in [-0.3, -0.25) is 9.59 Å². The van der Waals surface area contributed by atoms with E-state index in [9.17, 15) is 9.59 Å². The van der Waals surface area contributed by atoms with E-state index in [1.807, 2.05) is 31.0 Å². The number of amides is 2.